The van der Waals surface area contributed by atoms with Crippen LogP contribution in [0.3, 0.4) is 0 Å². The number of rotatable bonds is 3. The van der Waals surface area contributed by atoms with Gasteiger partial charge in [-0.15, -0.1) is 0 Å². The van der Waals surface area contributed by atoms with Crippen LogP contribution < -0.4 is 5.32 Å². The molecule has 4 nitrogen and oxygen atoms in total. The van der Waals surface area contributed by atoms with Crippen molar-refractivity contribution < 1.29 is 18.0 Å². The Hall–Kier alpha value is -1.79. The third kappa shape index (κ3) is 4.60. The van der Waals surface area contributed by atoms with Gasteiger partial charge >= 0.3 is 12.2 Å². The van der Waals surface area contributed by atoms with Crippen LogP contribution in [-0.2, 0) is 6.54 Å². The van der Waals surface area contributed by atoms with Gasteiger partial charge in [-0.3, -0.25) is 4.98 Å². The number of halogens is 3. The first-order chi connectivity index (χ1) is 8.29. The highest BCUT2D eigenvalue weighted by atomic mass is 19.4. The fourth-order valence-electron chi connectivity index (χ4n) is 1.35. The van der Waals surface area contributed by atoms with Crippen molar-refractivity contribution in [2.45, 2.75) is 19.6 Å². The number of aryl methyl sites for hydroxylation is 1. The van der Waals surface area contributed by atoms with E-state index in [0.717, 1.165) is 18.2 Å². The molecule has 0 saturated carbocycles. The highest BCUT2D eigenvalue weighted by molar-refractivity contribution is 5.73. The van der Waals surface area contributed by atoms with Crippen LogP contribution in [0.25, 0.3) is 0 Å². The molecule has 1 rings (SSSR count). The van der Waals surface area contributed by atoms with Crippen LogP contribution in [-0.4, -0.2) is 35.7 Å². The van der Waals surface area contributed by atoms with Gasteiger partial charge in [-0.2, -0.15) is 13.2 Å². The Kier molecular flexibility index (Phi) is 4.52. The normalized spacial score (nSPS) is 11.2. The summed E-state index contributed by atoms with van der Waals surface area (Å²) in [4.78, 5) is 15.9. The van der Waals surface area contributed by atoms with E-state index in [0.29, 0.717) is 4.90 Å². The Balaban J connectivity index is 2.49. The number of carbonyl (C=O) groups excluding carboxylic acids is 1. The van der Waals surface area contributed by atoms with Crippen molar-refractivity contribution in [1.29, 1.82) is 0 Å². The van der Waals surface area contributed by atoms with Crippen LogP contribution >= 0.6 is 0 Å². The smallest absolute Gasteiger partial charge is 0.334 e. The van der Waals surface area contributed by atoms with Gasteiger partial charge in [-0.25, -0.2) is 4.79 Å². The van der Waals surface area contributed by atoms with Gasteiger partial charge in [-0.1, -0.05) is 0 Å². The minimum Gasteiger partial charge on any atom is -0.334 e. The average Bonchev–Trinajstić information content (AvgIpc) is 2.25. The SMILES string of the molecule is Cc1cnccc1CNC(=O)N(C)CC(F)(F)F. The summed E-state index contributed by atoms with van der Waals surface area (Å²) in [7, 11) is 1.10. The molecule has 0 radical (unpaired) electrons. The van der Waals surface area contributed by atoms with Crippen molar-refractivity contribution in [3.63, 3.8) is 0 Å². The van der Waals surface area contributed by atoms with Crippen LogP contribution in [0.5, 0.6) is 0 Å². The van der Waals surface area contributed by atoms with Crippen molar-refractivity contribution in [3.05, 3.63) is 29.6 Å². The molecule has 100 valence electrons. The van der Waals surface area contributed by atoms with Gasteiger partial charge in [0.1, 0.15) is 6.54 Å². The fourth-order valence-corrected chi connectivity index (χ4v) is 1.35. The van der Waals surface area contributed by atoms with E-state index >= 15 is 0 Å². The molecule has 1 aromatic rings. The summed E-state index contributed by atoms with van der Waals surface area (Å²) in [6.07, 6.45) is -1.20. The van der Waals surface area contributed by atoms with Gasteiger partial charge in [0.05, 0.1) is 0 Å². The standard InChI is InChI=1S/C11H14F3N3O/c1-8-5-15-4-3-9(8)6-16-10(18)17(2)7-11(12,13)14/h3-5H,6-7H2,1-2H3,(H,16,18). The average molecular weight is 261 g/mol. The van der Waals surface area contributed by atoms with Gasteiger partial charge in [0.2, 0.25) is 0 Å². The van der Waals surface area contributed by atoms with E-state index in [1.54, 1.807) is 18.5 Å². The number of hydrogen-bond acceptors (Lipinski definition) is 2. The Morgan fingerprint density at radius 3 is 2.72 bits per heavy atom. The maximum atomic E-state index is 12.1. The monoisotopic (exact) mass is 261 g/mol. The summed E-state index contributed by atoms with van der Waals surface area (Å²) in [5, 5.41) is 2.42. The molecule has 0 unspecified atom stereocenters. The lowest BCUT2D eigenvalue weighted by Crippen LogP contribution is -2.42. The van der Waals surface area contributed by atoms with E-state index in [1.807, 2.05) is 6.92 Å². The molecule has 7 heteroatoms. The Bertz CT molecular complexity index is 420. The quantitative estimate of drug-likeness (QED) is 0.905. The number of pyridine rings is 1. The molecule has 18 heavy (non-hydrogen) atoms. The van der Waals surface area contributed by atoms with Crippen molar-refractivity contribution in [2.24, 2.45) is 0 Å². The molecule has 0 atom stereocenters. The molecular weight excluding hydrogens is 247 g/mol. The molecule has 0 spiro atoms. The lowest BCUT2D eigenvalue weighted by Gasteiger charge is -2.19. The zero-order valence-corrected chi connectivity index (χ0v) is 10.1. The third-order valence-corrected chi connectivity index (χ3v) is 2.33. The van der Waals surface area contributed by atoms with Crippen LogP contribution in [0.15, 0.2) is 18.5 Å². The molecule has 0 bridgehead atoms. The van der Waals surface area contributed by atoms with Crippen molar-refractivity contribution in [3.8, 4) is 0 Å². The van der Waals surface area contributed by atoms with Gasteiger partial charge in [-0.05, 0) is 24.1 Å². The molecule has 1 heterocycles. The predicted octanol–water partition coefficient (Wildman–Crippen LogP) is 2.09. The molecule has 1 N–H and O–H groups in total. The van der Waals surface area contributed by atoms with Crippen molar-refractivity contribution >= 4 is 6.03 Å². The zero-order chi connectivity index (χ0) is 13.8. The Labute approximate surface area is 103 Å². The second kappa shape index (κ2) is 5.70. The van der Waals surface area contributed by atoms with E-state index < -0.39 is 18.8 Å². The number of aromatic nitrogens is 1. The van der Waals surface area contributed by atoms with Gasteiger partial charge in [0.15, 0.2) is 0 Å². The first-order valence-electron chi connectivity index (χ1n) is 5.25. The topological polar surface area (TPSA) is 45.2 Å². The molecule has 1 aromatic heterocycles. The minimum absolute atomic E-state index is 0.176. The minimum atomic E-state index is -4.39. The highest BCUT2D eigenvalue weighted by Crippen LogP contribution is 2.15. The lowest BCUT2D eigenvalue weighted by molar-refractivity contribution is -0.137. The van der Waals surface area contributed by atoms with Gasteiger partial charge in [0.25, 0.3) is 0 Å². The van der Waals surface area contributed by atoms with Crippen LogP contribution in [0.4, 0.5) is 18.0 Å². The van der Waals surface area contributed by atoms with E-state index in [9.17, 15) is 18.0 Å². The van der Waals surface area contributed by atoms with E-state index in [2.05, 4.69) is 10.3 Å². The first-order valence-corrected chi connectivity index (χ1v) is 5.25. The first kappa shape index (κ1) is 14.3. The maximum Gasteiger partial charge on any atom is 0.406 e. The Morgan fingerprint density at radius 1 is 1.50 bits per heavy atom. The van der Waals surface area contributed by atoms with E-state index in [4.69, 9.17) is 0 Å². The number of urea groups is 1. The number of hydrogen-bond donors (Lipinski definition) is 1. The Morgan fingerprint density at radius 2 is 2.17 bits per heavy atom. The molecule has 0 fully saturated rings. The lowest BCUT2D eigenvalue weighted by atomic mass is 10.1. The van der Waals surface area contributed by atoms with E-state index in [1.165, 1.54) is 0 Å². The second-order valence-electron chi connectivity index (χ2n) is 3.93. The second-order valence-corrected chi connectivity index (χ2v) is 3.93. The number of alkyl halides is 3. The molecule has 0 saturated heterocycles. The molecule has 0 aliphatic heterocycles. The third-order valence-electron chi connectivity index (χ3n) is 2.33. The molecule has 0 aliphatic carbocycles. The zero-order valence-electron chi connectivity index (χ0n) is 10.1. The predicted molar refractivity (Wildman–Crippen MR) is 59.9 cm³/mol. The number of amides is 2. The molecule has 0 aliphatic rings. The summed E-state index contributed by atoms with van der Waals surface area (Å²) in [5.74, 6) is 0. The summed E-state index contributed by atoms with van der Waals surface area (Å²) < 4.78 is 36.2. The van der Waals surface area contributed by atoms with Crippen LogP contribution in [0.1, 0.15) is 11.1 Å². The molecule has 2 amide bonds. The molecule has 0 aromatic carbocycles. The largest absolute Gasteiger partial charge is 0.406 e. The van der Waals surface area contributed by atoms with Gasteiger partial charge in [0, 0.05) is 26.0 Å². The number of nitrogens with zero attached hydrogens (tertiary/aromatic N) is 2. The summed E-state index contributed by atoms with van der Waals surface area (Å²) in [5.41, 5.74) is 1.69. The molecular formula is C11H14F3N3O. The number of carbonyl (C=O) groups is 1. The summed E-state index contributed by atoms with van der Waals surface area (Å²) in [6, 6.07) is 0.947. The van der Waals surface area contributed by atoms with Crippen LogP contribution in [0, 0.1) is 6.92 Å². The maximum absolute atomic E-state index is 12.1. The van der Waals surface area contributed by atoms with Crippen LogP contribution in [0.2, 0.25) is 0 Å². The summed E-state index contributed by atoms with van der Waals surface area (Å²) >= 11 is 0. The highest BCUT2D eigenvalue weighted by Gasteiger charge is 2.31. The summed E-state index contributed by atoms with van der Waals surface area (Å²) in [6.45, 7) is 0.720. The fraction of sp³-hybridized carbons (Fsp3) is 0.455. The van der Waals surface area contributed by atoms with Gasteiger partial charge < -0.3 is 10.2 Å². The van der Waals surface area contributed by atoms with E-state index in [-0.39, 0.29) is 6.54 Å². The van der Waals surface area contributed by atoms with Crippen molar-refractivity contribution in [2.75, 3.05) is 13.6 Å². The number of nitrogens with one attached hydrogen (secondary N) is 1. The van der Waals surface area contributed by atoms with Crippen molar-refractivity contribution in [1.82, 2.24) is 15.2 Å².